The molecule has 4 nitrogen and oxygen atoms in total. The molecule has 30 heavy (non-hydrogen) atoms. The first-order valence-corrected chi connectivity index (χ1v) is 10.2. The van der Waals surface area contributed by atoms with E-state index in [1.807, 2.05) is 13.8 Å². The molecule has 1 N–H and O–H groups in total. The van der Waals surface area contributed by atoms with Crippen LogP contribution in [0.15, 0.2) is 36.7 Å². The van der Waals surface area contributed by atoms with Crippen molar-refractivity contribution in [1.82, 2.24) is 9.55 Å². The van der Waals surface area contributed by atoms with Crippen molar-refractivity contribution in [2.45, 2.75) is 33.0 Å². The summed E-state index contributed by atoms with van der Waals surface area (Å²) in [6.45, 7) is 4.09. The highest BCUT2D eigenvalue weighted by atomic mass is 35.5. The Balaban J connectivity index is 1.90. The number of thiazole rings is 1. The highest BCUT2D eigenvalue weighted by Crippen LogP contribution is 2.32. The largest absolute Gasteiger partial charge is 0.419 e. The number of hydrogen-bond donors (Lipinski definition) is 1. The quantitative estimate of drug-likeness (QED) is 0.442. The molecule has 1 aromatic carbocycles. The summed E-state index contributed by atoms with van der Waals surface area (Å²) >= 11 is 6.93. The molecule has 0 aliphatic rings. The normalized spacial score (nSPS) is 11.9. The SMILES string of the molecule is CC(C)Cc1cc(C(=O)Nc2ncc(Cl)s2)n(Cc2ccc(C(F)(F)F)c(F)c2)c1. The first kappa shape index (κ1) is 22.3. The second-order valence-corrected chi connectivity index (χ2v) is 8.86. The third-order valence-electron chi connectivity index (χ3n) is 4.22. The zero-order valence-electron chi connectivity index (χ0n) is 16.1. The van der Waals surface area contributed by atoms with Crippen LogP contribution in [0.2, 0.25) is 4.34 Å². The van der Waals surface area contributed by atoms with Crippen LogP contribution in [-0.4, -0.2) is 15.5 Å². The number of alkyl halides is 3. The van der Waals surface area contributed by atoms with Gasteiger partial charge < -0.3 is 4.57 Å². The Morgan fingerprint density at radius 3 is 2.57 bits per heavy atom. The van der Waals surface area contributed by atoms with Crippen LogP contribution in [0, 0.1) is 11.7 Å². The van der Waals surface area contributed by atoms with Crippen LogP contribution in [0.25, 0.3) is 0 Å². The van der Waals surface area contributed by atoms with E-state index in [1.54, 1.807) is 16.8 Å². The fourth-order valence-electron chi connectivity index (χ4n) is 3.03. The van der Waals surface area contributed by atoms with Crippen LogP contribution in [0.1, 0.15) is 41.0 Å². The Kier molecular flexibility index (Phi) is 6.52. The average Bonchev–Trinajstić information content (AvgIpc) is 3.19. The van der Waals surface area contributed by atoms with Crippen LogP contribution in [0.3, 0.4) is 0 Å². The zero-order chi connectivity index (χ0) is 22.1. The molecule has 2 heterocycles. The number of carbonyl (C=O) groups excluding carboxylic acids is 1. The summed E-state index contributed by atoms with van der Waals surface area (Å²) < 4.78 is 54.3. The first-order chi connectivity index (χ1) is 14.0. The zero-order valence-corrected chi connectivity index (χ0v) is 17.6. The molecule has 0 aliphatic carbocycles. The number of aromatic nitrogens is 2. The third kappa shape index (κ3) is 5.40. The minimum Gasteiger partial charge on any atom is -0.339 e. The van der Waals surface area contributed by atoms with E-state index in [2.05, 4.69) is 10.3 Å². The fourth-order valence-corrected chi connectivity index (χ4v) is 3.84. The van der Waals surface area contributed by atoms with Gasteiger partial charge in [-0.15, -0.1) is 0 Å². The van der Waals surface area contributed by atoms with Gasteiger partial charge in [-0.25, -0.2) is 9.37 Å². The minimum atomic E-state index is -4.76. The topological polar surface area (TPSA) is 46.9 Å². The maximum Gasteiger partial charge on any atom is 0.419 e. The van der Waals surface area contributed by atoms with Crippen molar-refractivity contribution < 1.29 is 22.4 Å². The number of anilines is 1. The van der Waals surface area contributed by atoms with Gasteiger partial charge in [0.1, 0.15) is 15.8 Å². The Hall–Kier alpha value is -2.39. The molecule has 0 radical (unpaired) electrons. The second-order valence-electron chi connectivity index (χ2n) is 7.20. The highest BCUT2D eigenvalue weighted by Gasteiger charge is 2.33. The molecule has 0 bridgehead atoms. The Morgan fingerprint density at radius 2 is 2.00 bits per heavy atom. The van der Waals surface area contributed by atoms with Crippen LogP contribution in [0.5, 0.6) is 0 Å². The standard InChI is InChI=1S/C20H18ClF4N3OS/c1-11(2)5-13-7-16(18(29)27-19-26-8-17(21)30-19)28(10-13)9-12-3-4-14(15(22)6-12)20(23,24)25/h3-4,6-8,10-11H,5,9H2,1-2H3,(H,26,27,29). The van der Waals surface area contributed by atoms with Gasteiger partial charge in [-0.2, -0.15) is 13.2 Å². The molecule has 1 amide bonds. The van der Waals surface area contributed by atoms with Crippen LogP contribution in [0.4, 0.5) is 22.7 Å². The van der Waals surface area contributed by atoms with Gasteiger partial charge in [-0.05, 0) is 41.7 Å². The first-order valence-electron chi connectivity index (χ1n) is 9.00. The van der Waals surface area contributed by atoms with Gasteiger partial charge in [0.15, 0.2) is 5.13 Å². The number of rotatable bonds is 6. The van der Waals surface area contributed by atoms with Gasteiger partial charge in [0.05, 0.1) is 11.8 Å². The summed E-state index contributed by atoms with van der Waals surface area (Å²) in [5, 5.41) is 2.98. The number of benzene rings is 1. The van der Waals surface area contributed by atoms with E-state index >= 15 is 0 Å². The molecule has 0 saturated carbocycles. The van der Waals surface area contributed by atoms with Gasteiger partial charge in [0, 0.05) is 12.7 Å². The maximum atomic E-state index is 13.9. The summed E-state index contributed by atoms with van der Waals surface area (Å²) in [5.41, 5.74) is 0.161. The maximum absolute atomic E-state index is 13.9. The van der Waals surface area contributed by atoms with Gasteiger partial charge in [0.2, 0.25) is 0 Å². The molecule has 10 heteroatoms. The van der Waals surface area contributed by atoms with Crippen LogP contribution in [-0.2, 0) is 19.1 Å². The molecule has 0 spiro atoms. The van der Waals surface area contributed by atoms with Crippen LogP contribution < -0.4 is 5.32 Å². The van der Waals surface area contributed by atoms with Crippen molar-refractivity contribution >= 4 is 34.0 Å². The van der Waals surface area contributed by atoms with Crippen molar-refractivity contribution in [3.05, 3.63) is 69.2 Å². The number of amides is 1. The van der Waals surface area contributed by atoms with Crippen molar-refractivity contribution in [2.24, 2.45) is 5.92 Å². The molecule has 3 aromatic rings. The van der Waals surface area contributed by atoms with Gasteiger partial charge in [0.25, 0.3) is 5.91 Å². The monoisotopic (exact) mass is 459 g/mol. The Labute approximate surface area is 179 Å². The number of hydrogen-bond acceptors (Lipinski definition) is 3. The van der Waals surface area contributed by atoms with Crippen LogP contribution >= 0.6 is 22.9 Å². The molecule has 160 valence electrons. The smallest absolute Gasteiger partial charge is 0.339 e. The highest BCUT2D eigenvalue weighted by molar-refractivity contribution is 7.19. The molecule has 0 atom stereocenters. The number of carbonyl (C=O) groups is 1. The Morgan fingerprint density at radius 1 is 1.27 bits per heavy atom. The summed E-state index contributed by atoms with van der Waals surface area (Å²) in [4.78, 5) is 16.7. The molecule has 3 rings (SSSR count). The molecule has 2 aromatic heterocycles. The Bertz CT molecular complexity index is 1060. The summed E-state index contributed by atoms with van der Waals surface area (Å²) in [7, 11) is 0. The number of halogens is 5. The number of nitrogens with zero attached hydrogens (tertiary/aromatic N) is 2. The average molecular weight is 460 g/mol. The van der Waals surface area contributed by atoms with E-state index in [9.17, 15) is 22.4 Å². The lowest BCUT2D eigenvalue weighted by molar-refractivity contribution is -0.140. The van der Waals surface area contributed by atoms with E-state index in [4.69, 9.17) is 11.6 Å². The second kappa shape index (κ2) is 8.77. The number of nitrogens with one attached hydrogen (secondary N) is 1. The van der Waals surface area contributed by atoms with Crippen molar-refractivity contribution in [3.8, 4) is 0 Å². The molecule has 0 fully saturated rings. The van der Waals surface area contributed by atoms with E-state index < -0.39 is 23.5 Å². The molecular weight excluding hydrogens is 442 g/mol. The summed E-state index contributed by atoms with van der Waals surface area (Å²) in [5.74, 6) is -1.46. The summed E-state index contributed by atoms with van der Waals surface area (Å²) in [6.07, 6.45) is -0.895. The molecule has 0 aliphatic heterocycles. The predicted molar refractivity (Wildman–Crippen MR) is 109 cm³/mol. The van der Waals surface area contributed by atoms with E-state index in [0.29, 0.717) is 33.4 Å². The lowest BCUT2D eigenvalue weighted by Gasteiger charge is -2.12. The van der Waals surface area contributed by atoms with Crippen molar-refractivity contribution in [1.29, 1.82) is 0 Å². The van der Waals surface area contributed by atoms with E-state index in [1.165, 1.54) is 12.3 Å². The van der Waals surface area contributed by atoms with E-state index in [0.717, 1.165) is 23.0 Å². The molecular formula is C20H18ClF4N3OS. The minimum absolute atomic E-state index is 0.0362. The lowest BCUT2D eigenvalue weighted by Crippen LogP contribution is -2.17. The summed E-state index contributed by atoms with van der Waals surface area (Å²) in [6, 6.07) is 4.47. The van der Waals surface area contributed by atoms with Gasteiger partial charge in [-0.1, -0.05) is 42.9 Å². The molecule has 0 saturated heterocycles. The molecule has 0 unspecified atom stereocenters. The fraction of sp³-hybridized carbons (Fsp3) is 0.300. The van der Waals surface area contributed by atoms with Gasteiger partial charge >= 0.3 is 6.18 Å². The van der Waals surface area contributed by atoms with Crippen molar-refractivity contribution in [3.63, 3.8) is 0 Å². The third-order valence-corrected chi connectivity index (χ3v) is 5.25. The van der Waals surface area contributed by atoms with Gasteiger partial charge in [-0.3, -0.25) is 10.1 Å². The van der Waals surface area contributed by atoms with E-state index in [-0.39, 0.29) is 12.2 Å². The predicted octanol–water partition coefficient (Wildman–Crippen LogP) is 6.26. The van der Waals surface area contributed by atoms with Crippen molar-refractivity contribution in [2.75, 3.05) is 5.32 Å². The lowest BCUT2D eigenvalue weighted by atomic mass is 10.1.